The van der Waals surface area contributed by atoms with Gasteiger partial charge in [0.2, 0.25) is 0 Å². The van der Waals surface area contributed by atoms with Gasteiger partial charge >= 0.3 is 0 Å². The molecule has 0 amide bonds. The first-order chi connectivity index (χ1) is 16.7. The first-order valence-electron chi connectivity index (χ1n) is 11.7. The standard InChI is InChI=1S/C28H28N4OS/c29-25-9-8-21(27-7-4-14-34-27)16-22(25)17-26(33)23-18-30-28(31-19-23)15-20-10-12-32(13-11-20)24-5-2-1-3-6-24/h1-9,14,16,18-20H,10-13,15,17,29H2. The Balaban J connectivity index is 1.18. The summed E-state index contributed by atoms with van der Waals surface area (Å²) in [5.74, 6) is 1.37. The molecule has 1 aliphatic heterocycles. The van der Waals surface area contributed by atoms with Gasteiger partial charge in [0.15, 0.2) is 5.78 Å². The minimum absolute atomic E-state index is 0.0160. The second-order valence-electron chi connectivity index (χ2n) is 8.85. The van der Waals surface area contributed by atoms with Crippen molar-refractivity contribution in [3.8, 4) is 10.4 Å². The Labute approximate surface area is 204 Å². The topological polar surface area (TPSA) is 72.1 Å². The number of thiophene rings is 1. The van der Waals surface area contributed by atoms with Crippen molar-refractivity contribution < 1.29 is 4.79 Å². The SMILES string of the molecule is Nc1ccc(-c2cccs2)cc1CC(=O)c1cnc(CC2CCN(c3ccccc3)CC2)nc1. The van der Waals surface area contributed by atoms with Gasteiger partial charge in [0, 0.05) is 54.6 Å². The largest absolute Gasteiger partial charge is 0.398 e. The van der Waals surface area contributed by atoms with Gasteiger partial charge in [-0.15, -0.1) is 11.3 Å². The summed E-state index contributed by atoms with van der Waals surface area (Å²) in [4.78, 5) is 25.5. The van der Waals surface area contributed by atoms with Crippen LogP contribution in [0.5, 0.6) is 0 Å². The average molecular weight is 469 g/mol. The molecule has 1 aliphatic rings. The zero-order chi connectivity index (χ0) is 23.3. The fraction of sp³-hybridized carbons (Fsp3) is 0.250. The van der Waals surface area contributed by atoms with Crippen molar-refractivity contribution in [2.45, 2.75) is 25.7 Å². The van der Waals surface area contributed by atoms with E-state index in [2.05, 4.69) is 51.3 Å². The van der Waals surface area contributed by atoms with E-state index >= 15 is 0 Å². The Kier molecular flexibility index (Phi) is 6.67. The molecule has 0 atom stereocenters. The van der Waals surface area contributed by atoms with Crippen molar-refractivity contribution in [3.63, 3.8) is 0 Å². The lowest BCUT2D eigenvalue weighted by molar-refractivity contribution is 0.0992. The van der Waals surface area contributed by atoms with E-state index in [4.69, 9.17) is 5.73 Å². The van der Waals surface area contributed by atoms with Crippen molar-refractivity contribution in [1.29, 1.82) is 0 Å². The van der Waals surface area contributed by atoms with Gasteiger partial charge in [-0.1, -0.05) is 30.3 Å². The quantitative estimate of drug-likeness (QED) is 0.279. The first-order valence-corrected chi connectivity index (χ1v) is 12.6. The first kappa shape index (κ1) is 22.3. The molecule has 2 aromatic carbocycles. The molecule has 4 aromatic rings. The number of para-hydroxylation sites is 1. The lowest BCUT2D eigenvalue weighted by Crippen LogP contribution is -2.34. The summed E-state index contributed by atoms with van der Waals surface area (Å²) in [6, 6.07) is 20.6. The molecule has 0 spiro atoms. The number of hydrogen-bond acceptors (Lipinski definition) is 6. The van der Waals surface area contributed by atoms with Crippen LogP contribution in [0.25, 0.3) is 10.4 Å². The summed E-state index contributed by atoms with van der Waals surface area (Å²) in [6.07, 6.45) is 6.68. The maximum absolute atomic E-state index is 12.9. The monoisotopic (exact) mass is 468 g/mol. The Morgan fingerprint density at radius 3 is 2.47 bits per heavy atom. The number of nitrogen functional groups attached to an aromatic ring is 1. The molecule has 0 saturated carbocycles. The molecule has 3 heterocycles. The number of carbonyl (C=O) groups is 1. The van der Waals surface area contributed by atoms with Crippen molar-refractivity contribution in [1.82, 2.24) is 9.97 Å². The number of hydrogen-bond donors (Lipinski definition) is 1. The third kappa shape index (κ3) is 5.18. The molecule has 2 aromatic heterocycles. The van der Waals surface area contributed by atoms with Crippen LogP contribution in [0.3, 0.4) is 0 Å². The van der Waals surface area contributed by atoms with Crippen LogP contribution in [0, 0.1) is 5.92 Å². The molecule has 34 heavy (non-hydrogen) atoms. The molecule has 172 valence electrons. The molecule has 6 heteroatoms. The number of rotatable bonds is 7. The smallest absolute Gasteiger partial charge is 0.170 e. The van der Waals surface area contributed by atoms with Gasteiger partial charge in [-0.3, -0.25) is 4.79 Å². The van der Waals surface area contributed by atoms with E-state index in [9.17, 15) is 4.79 Å². The van der Waals surface area contributed by atoms with E-state index in [0.717, 1.165) is 54.2 Å². The summed E-state index contributed by atoms with van der Waals surface area (Å²) in [5.41, 5.74) is 10.5. The van der Waals surface area contributed by atoms with Crippen LogP contribution in [0.2, 0.25) is 0 Å². The van der Waals surface area contributed by atoms with Crippen molar-refractivity contribution in [3.05, 3.63) is 95.4 Å². The summed E-state index contributed by atoms with van der Waals surface area (Å²) >= 11 is 1.67. The van der Waals surface area contributed by atoms with Gasteiger partial charge in [0.25, 0.3) is 0 Å². The van der Waals surface area contributed by atoms with Crippen molar-refractivity contribution in [2.75, 3.05) is 23.7 Å². The number of aromatic nitrogens is 2. The lowest BCUT2D eigenvalue weighted by Gasteiger charge is -2.33. The maximum atomic E-state index is 12.9. The summed E-state index contributed by atoms with van der Waals surface area (Å²) < 4.78 is 0. The summed E-state index contributed by atoms with van der Waals surface area (Å²) in [7, 11) is 0. The van der Waals surface area contributed by atoms with Gasteiger partial charge in [-0.25, -0.2) is 9.97 Å². The van der Waals surface area contributed by atoms with Gasteiger partial charge in [-0.05, 0) is 65.6 Å². The zero-order valence-electron chi connectivity index (χ0n) is 19.1. The molecule has 5 nitrogen and oxygen atoms in total. The van der Waals surface area contributed by atoms with E-state index in [1.807, 2.05) is 29.6 Å². The molecular weight excluding hydrogens is 440 g/mol. The van der Waals surface area contributed by atoms with Gasteiger partial charge < -0.3 is 10.6 Å². The zero-order valence-corrected chi connectivity index (χ0v) is 19.9. The second-order valence-corrected chi connectivity index (χ2v) is 9.80. The Hall–Kier alpha value is -3.51. The molecule has 1 fully saturated rings. The van der Waals surface area contributed by atoms with Crippen molar-refractivity contribution >= 4 is 28.5 Å². The van der Waals surface area contributed by atoms with E-state index < -0.39 is 0 Å². The number of benzene rings is 2. The van der Waals surface area contributed by atoms with Crippen LogP contribution >= 0.6 is 11.3 Å². The third-order valence-corrected chi connectivity index (χ3v) is 7.45. The van der Waals surface area contributed by atoms with Gasteiger partial charge in [0.1, 0.15) is 5.82 Å². The predicted octanol–water partition coefficient (Wildman–Crippen LogP) is 5.67. The van der Waals surface area contributed by atoms with Gasteiger partial charge in [0.05, 0.1) is 5.56 Å². The van der Waals surface area contributed by atoms with E-state index in [1.165, 1.54) is 5.69 Å². The van der Waals surface area contributed by atoms with Crippen LogP contribution in [0.1, 0.15) is 34.6 Å². The predicted molar refractivity (Wildman–Crippen MR) is 139 cm³/mol. The minimum atomic E-state index is -0.0160. The maximum Gasteiger partial charge on any atom is 0.170 e. The molecule has 5 rings (SSSR count). The van der Waals surface area contributed by atoms with Crippen LogP contribution in [0.15, 0.2) is 78.4 Å². The molecule has 0 radical (unpaired) electrons. The molecule has 1 saturated heterocycles. The summed E-state index contributed by atoms with van der Waals surface area (Å²) in [5, 5.41) is 2.04. The van der Waals surface area contributed by atoms with Crippen LogP contribution in [0.4, 0.5) is 11.4 Å². The van der Waals surface area contributed by atoms with Crippen LogP contribution < -0.4 is 10.6 Å². The highest BCUT2D eigenvalue weighted by Crippen LogP contribution is 2.28. The number of carbonyl (C=O) groups excluding carboxylic acids is 1. The fourth-order valence-corrected chi connectivity index (χ4v) is 5.25. The Morgan fingerprint density at radius 1 is 1.00 bits per heavy atom. The van der Waals surface area contributed by atoms with Crippen LogP contribution in [-0.2, 0) is 12.8 Å². The van der Waals surface area contributed by atoms with E-state index in [0.29, 0.717) is 17.2 Å². The normalized spacial score (nSPS) is 14.3. The number of anilines is 2. The lowest BCUT2D eigenvalue weighted by atomic mass is 9.93. The summed E-state index contributed by atoms with van der Waals surface area (Å²) in [6.45, 7) is 2.11. The highest BCUT2D eigenvalue weighted by molar-refractivity contribution is 7.13. The fourth-order valence-electron chi connectivity index (χ4n) is 4.53. The van der Waals surface area contributed by atoms with E-state index in [-0.39, 0.29) is 12.2 Å². The third-order valence-electron chi connectivity index (χ3n) is 6.53. The molecule has 0 bridgehead atoms. The molecule has 0 aliphatic carbocycles. The minimum Gasteiger partial charge on any atom is -0.398 e. The molecular formula is C28H28N4OS. The van der Waals surface area contributed by atoms with Crippen molar-refractivity contribution in [2.24, 2.45) is 5.92 Å². The number of ketones is 1. The second kappa shape index (κ2) is 10.2. The van der Waals surface area contributed by atoms with E-state index in [1.54, 1.807) is 23.7 Å². The Bertz CT molecular complexity index is 1230. The molecule has 2 N–H and O–H groups in total. The number of nitrogens with zero attached hydrogens (tertiary/aromatic N) is 3. The highest BCUT2D eigenvalue weighted by Gasteiger charge is 2.21. The number of nitrogens with two attached hydrogens (primary N) is 1. The average Bonchev–Trinajstić information content (AvgIpc) is 3.42. The Morgan fingerprint density at radius 2 is 1.76 bits per heavy atom. The van der Waals surface area contributed by atoms with Gasteiger partial charge in [-0.2, -0.15) is 0 Å². The number of Topliss-reactive ketones (excluding diaryl/α,β-unsaturated/α-hetero) is 1. The highest BCUT2D eigenvalue weighted by atomic mass is 32.1. The van der Waals surface area contributed by atoms with Crippen LogP contribution in [-0.4, -0.2) is 28.8 Å². The number of piperidine rings is 1. The molecule has 0 unspecified atom stereocenters.